The molecule has 0 bridgehead atoms. The topological polar surface area (TPSA) is 52.3 Å². The Kier molecular flexibility index (Phi) is 7.00. The quantitative estimate of drug-likeness (QED) is 0.650. The van der Waals surface area contributed by atoms with Gasteiger partial charge in [0.1, 0.15) is 5.54 Å². The van der Waals surface area contributed by atoms with Crippen LogP contribution >= 0.6 is 0 Å². The maximum absolute atomic E-state index is 12.3. The Morgan fingerprint density at radius 2 is 1.76 bits per heavy atom. The second kappa shape index (κ2) is 9.46. The molecule has 0 saturated carbocycles. The van der Waals surface area contributed by atoms with Crippen molar-refractivity contribution < 1.29 is 9.53 Å². The summed E-state index contributed by atoms with van der Waals surface area (Å²) >= 11 is 0. The van der Waals surface area contributed by atoms with Crippen molar-refractivity contribution in [2.24, 2.45) is 5.73 Å². The summed E-state index contributed by atoms with van der Waals surface area (Å²) in [5.74, 6) is 5.62. The van der Waals surface area contributed by atoms with Crippen LogP contribution in [0.4, 0.5) is 0 Å². The molecule has 0 amide bonds. The number of benzene rings is 2. The second-order valence-corrected chi connectivity index (χ2v) is 5.78. The third kappa shape index (κ3) is 5.95. The summed E-state index contributed by atoms with van der Waals surface area (Å²) in [6.07, 6.45) is 4.35. The predicted molar refractivity (Wildman–Crippen MR) is 101 cm³/mol. The van der Waals surface area contributed by atoms with Gasteiger partial charge in [0, 0.05) is 12.0 Å². The van der Waals surface area contributed by atoms with E-state index in [2.05, 4.69) is 11.8 Å². The third-order valence-electron chi connectivity index (χ3n) is 3.72. The molecule has 1 atom stereocenters. The molecule has 0 radical (unpaired) electrons. The highest BCUT2D eigenvalue weighted by molar-refractivity contribution is 5.81. The average Bonchev–Trinajstić information content (AvgIpc) is 2.63. The first-order chi connectivity index (χ1) is 12.1. The highest BCUT2D eigenvalue weighted by atomic mass is 16.5. The third-order valence-corrected chi connectivity index (χ3v) is 3.72. The Labute approximate surface area is 149 Å². The summed E-state index contributed by atoms with van der Waals surface area (Å²) in [7, 11) is 0. The van der Waals surface area contributed by atoms with E-state index in [1.807, 2.05) is 66.7 Å². The summed E-state index contributed by atoms with van der Waals surface area (Å²) in [5.41, 5.74) is 7.23. The van der Waals surface area contributed by atoms with Crippen molar-refractivity contribution >= 4 is 5.97 Å². The van der Waals surface area contributed by atoms with Crippen LogP contribution in [0.15, 0.2) is 72.8 Å². The van der Waals surface area contributed by atoms with E-state index in [1.165, 1.54) is 0 Å². The van der Waals surface area contributed by atoms with Crippen molar-refractivity contribution in [1.29, 1.82) is 0 Å². The van der Waals surface area contributed by atoms with Gasteiger partial charge in [0.25, 0.3) is 0 Å². The minimum absolute atomic E-state index is 0.310. The zero-order valence-corrected chi connectivity index (χ0v) is 14.4. The molecule has 25 heavy (non-hydrogen) atoms. The lowest BCUT2D eigenvalue weighted by molar-refractivity contribution is -0.149. The Morgan fingerprint density at radius 1 is 1.12 bits per heavy atom. The number of esters is 1. The Balaban J connectivity index is 2.07. The van der Waals surface area contributed by atoms with Crippen LogP contribution in [-0.4, -0.2) is 18.1 Å². The maximum atomic E-state index is 12.3. The Hall–Kier alpha value is -2.83. The van der Waals surface area contributed by atoms with E-state index < -0.39 is 5.54 Å². The summed E-state index contributed by atoms with van der Waals surface area (Å²) in [6.45, 7) is 2.09. The first-order valence-electron chi connectivity index (χ1n) is 8.35. The molecule has 0 saturated heterocycles. The molecule has 2 N–H and O–H groups in total. The normalized spacial score (nSPS) is 12.9. The molecule has 2 rings (SSSR count). The molecule has 0 heterocycles. The number of ether oxygens (including phenoxy) is 1. The molecular weight excluding hydrogens is 310 g/mol. The summed E-state index contributed by atoms with van der Waals surface area (Å²) in [5, 5.41) is 0. The molecule has 3 heteroatoms. The highest BCUT2D eigenvalue weighted by Crippen LogP contribution is 2.18. The number of allylic oxidation sites excluding steroid dienone is 1. The van der Waals surface area contributed by atoms with Gasteiger partial charge in [-0.05, 0) is 37.1 Å². The van der Waals surface area contributed by atoms with Gasteiger partial charge < -0.3 is 10.5 Å². The van der Waals surface area contributed by atoms with E-state index in [1.54, 1.807) is 13.0 Å². The smallest absolute Gasteiger partial charge is 0.326 e. The fourth-order valence-electron chi connectivity index (χ4n) is 2.44. The molecular formula is C22H23NO2. The predicted octanol–water partition coefficient (Wildman–Crippen LogP) is 3.49. The van der Waals surface area contributed by atoms with E-state index in [4.69, 9.17) is 10.5 Å². The van der Waals surface area contributed by atoms with Gasteiger partial charge in [-0.3, -0.25) is 4.79 Å². The van der Waals surface area contributed by atoms with Crippen molar-refractivity contribution in [1.82, 2.24) is 0 Å². The largest absolute Gasteiger partial charge is 0.465 e. The first kappa shape index (κ1) is 18.5. The monoisotopic (exact) mass is 333 g/mol. The summed E-state index contributed by atoms with van der Waals surface area (Å²) < 4.78 is 5.17. The zero-order chi connectivity index (χ0) is 18.0. The summed E-state index contributed by atoms with van der Waals surface area (Å²) in [6, 6.07) is 19.4. The number of rotatable bonds is 6. The Bertz CT molecular complexity index is 757. The molecule has 0 aromatic heterocycles. The minimum atomic E-state index is -1.09. The van der Waals surface area contributed by atoms with E-state index in [9.17, 15) is 4.79 Å². The standard InChI is InChI=1S/C22H23NO2/c1-2-25-21(24)22(23,18-20-15-8-4-9-16-20)17-11-5-10-14-19-12-6-3-7-13-19/h3-9,11-13,15-16H,2,17-18,23H2,1H3/b11-5+/t22-/m0/s1. The fraction of sp³-hybridized carbons (Fsp3) is 0.227. The van der Waals surface area contributed by atoms with Crippen molar-refractivity contribution in [3.63, 3.8) is 0 Å². The minimum Gasteiger partial charge on any atom is -0.465 e. The van der Waals surface area contributed by atoms with Crippen LogP contribution in [0.1, 0.15) is 24.5 Å². The van der Waals surface area contributed by atoms with Crippen LogP contribution in [0.3, 0.4) is 0 Å². The molecule has 2 aromatic carbocycles. The number of nitrogens with two attached hydrogens (primary N) is 1. The van der Waals surface area contributed by atoms with E-state index in [-0.39, 0.29) is 5.97 Å². The molecule has 3 nitrogen and oxygen atoms in total. The van der Waals surface area contributed by atoms with Gasteiger partial charge in [0.2, 0.25) is 0 Å². The number of hydrogen-bond acceptors (Lipinski definition) is 3. The zero-order valence-electron chi connectivity index (χ0n) is 14.4. The van der Waals surface area contributed by atoms with Gasteiger partial charge in [-0.15, -0.1) is 0 Å². The van der Waals surface area contributed by atoms with Crippen LogP contribution in [-0.2, 0) is 16.0 Å². The van der Waals surface area contributed by atoms with Gasteiger partial charge in [0.15, 0.2) is 0 Å². The lowest BCUT2D eigenvalue weighted by Gasteiger charge is -2.26. The number of carbonyl (C=O) groups is 1. The molecule has 0 aliphatic heterocycles. The van der Waals surface area contributed by atoms with Crippen LogP contribution < -0.4 is 5.73 Å². The Morgan fingerprint density at radius 3 is 2.40 bits per heavy atom. The maximum Gasteiger partial charge on any atom is 0.326 e. The second-order valence-electron chi connectivity index (χ2n) is 5.78. The van der Waals surface area contributed by atoms with E-state index in [0.29, 0.717) is 19.4 Å². The molecule has 0 spiro atoms. The lowest BCUT2D eigenvalue weighted by Crippen LogP contribution is -2.50. The van der Waals surface area contributed by atoms with Crippen LogP contribution in [0, 0.1) is 11.8 Å². The van der Waals surface area contributed by atoms with Crippen molar-refractivity contribution in [3.05, 3.63) is 83.9 Å². The molecule has 2 aromatic rings. The number of hydrogen-bond donors (Lipinski definition) is 1. The SMILES string of the molecule is CCOC(=O)[C@](N)(C/C=C/C#Cc1ccccc1)Cc1ccccc1. The number of carbonyl (C=O) groups excluding carboxylic acids is 1. The molecule has 0 unspecified atom stereocenters. The van der Waals surface area contributed by atoms with Gasteiger partial charge in [-0.25, -0.2) is 0 Å². The lowest BCUT2D eigenvalue weighted by atomic mass is 9.88. The average molecular weight is 333 g/mol. The van der Waals surface area contributed by atoms with Crippen molar-refractivity contribution in [3.8, 4) is 11.8 Å². The van der Waals surface area contributed by atoms with E-state index >= 15 is 0 Å². The molecule has 0 fully saturated rings. The van der Waals surface area contributed by atoms with Crippen molar-refractivity contribution in [2.75, 3.05) is 6.61 Å². The highest BCUT2D eigenvalue weighted by Gasteiger charge is 2.34. The van der Waals surface area contributed by atoms with E-state index in [0.717, 1.165) is 11.1 Å². The van der Waals surface area contributed by atoms with Gasteiger partial charge >= 0.3 is 5.97 Å². The first-order valence-corrected chi connectivity index (χ1v) is 8.35. The van der Waals surface area contributed by atoms with Crippen molar-refractivity contribution in [2.45, 2.75) is 25.3 Å². The molecule has 0 aliphatic rings. The van der Waals surface area contributed by atoms with Crippen LogP contribution in [0.2, 0.25) is 0 Å². The molecule has 128 valence electrons. The van der Waals surface area contributed by atoms with Crippen LogP contribution in [0.25, 0.3) is 0 Å². The molecule has 0 aliphatic carbocycles. The van der Waals surface area contributed by atoms with Gasteiger partial charge in [-0.2, -0.15) is 0 Å². The van der Waals surface area contributed by atoms with Crippen LogP contribution in [0.5, 0.6) is 0 Å². The summed E-state index contributed by atoms with van der Waals surface area (Å²) in [4.78, 5) is 12.3. The van der Waals surface area contributed by atoms with Gasteiger partial charge in [-0.1, -0.05) is 66.4 Å². The fourth-order valence-corrected chi connectivity index (χ4v) is 2.44. The van der Waals surface area contributed by atoms with Gasteiger partial charge in [0.05, 0.1) is 6.61 Å².